The maximum Gasteiger partial charge on any atom is 0.320 e. The Balaban J connectivity index is 2.61. The van der Waals surface area contributed by atoms with Gasteiger partial charge in [-0.05, 0) is 25.6 Å². The van der Waals surface area contributed by atoms with Crippen LogP contribution in [0.4, 0.5) is 11.4 Å². The van der Waals surface area contributed by atoms with Crippen LogP contribution in [-0.2, 0) is 9.59 Å². The first-order chi connectivity index (χ1) is 9.85. The molecule has 0 spiro atoms. The Kier molecular flexibility index (Phi) is 5.79. The average molecular weight is 295 g/mol. The highest BCUT2D eigenvalue weighted by molar-refractivity contribution is 5.92. The molecule has 0 bridgehead atoms. The second-order valence-electron chi connectivity index (χ2n) is 4.53. The Hall–Kier alpha value is -2.48. The lowest BCUT2D eigenvalue weighted by Gasteiger charge is -2.22. The minimum atomic E-state index is -0.983. The number of non-ortho nitro benzene ring substituents is 1. The molecule has 8 nitrogen and oxygen atoms in total. The fourth-order valence-corrected chi connectivity index (χ4v) is 1.88. The molecule has 2 N–H and O–H groups in total. The van der Waals surface area contributed by atoms with Crippen LogP contribution in [-0.4, -0.2) is 46.4 Å². The number of carbonyl (C=O) groups excluding carboxylic acids is 1. The van der Waals surface area contributed by atoms with Gasteiger partial charge in [0, 0.05) is 17.8 Å². The number of benzene rings is 1. The number of nitrogens with one attached hydrogen (secondary N) is 1. The van der Waals surface area contributed by atoms with Gasteiger partial charge >= 0.3 is 5.97 Å². The number of amides is 1. The zero-order valence-electron chi connectivity index (χ0n) is 11.8. The second kappa shape index (κ2) is 7.34. The number of hydrogen-bond acceptors (Lipinski definition) is 5. The molecular formula is C13H17N3O5. The molecule has 1 aromatic rings. The fraction of sp³-hybridized carbons (Fsp3) is 0.385. The largest absolute Gasteiger partial charge is 0.480 e. The lowest BCUT2D eigenvalue weighted by Crippen LogP contribution is -2.42. The van der Waals surface area contributed by atoms with Gasteiger partial charge in [-0.2, -0.15) is 0 Å². The van der Waals surface area contributed by atoms with Gasteiger partial charge in [0.1, 0.15) is 6.04 Å². The van der Waals surface area contributed by atoms with Crippen molar-refractivity contribution in [2.24, 2.45) is 0 Å². The lowest BCUT2D eigenvalue weighted by molar-refractivity contribution is -0.384. The number of carboxylic acids is 1. The number of nitro benzene ring substituents is 1. The summed E-state index contributed by atoms with van der Waals surface area (Å²) in [5.41, 5.74) is 0.351. The van der Waals surface area contributed by atoms with E-state index in [1.807, 2.05) is 0 Å². The molecule has 1 aromatic carbocycles. The highest BCUT2D eigenvalue weighted by atomic mass is 16.6. The average Bonchev–Trinajstić information content (AvgIpc) is 2.39. The molecule has 1 rings (SSSR count). The summed E-state index contributed by atoms with van der Waals surface area (Å²) >= 11 is 0. The van der Waals surface area contributed by atoms with Crippen molar-refractivity contribution in [3.63, 3.8) is 0 Å². The predicted octanol–water partition coefficient (Wildman–Crippen LogP) is 1.33. The summed E-state index contributed by atoms with van der Waals surface area (Å²) < 4.78 is 0. The van der Waals surface area contributed by atoms with Crippen molar-refractivity contribution in [3.8, 4) is 0 Å². The molecule has 1 unspecified atom stereocenters. The van der Waals surface area contributed by atoms with E-state index >= 15 is 0 Å². The Morgan fingerprint density at radius 2 is 1.95 bits per heavy atom. The van der Waals surface area contributed by atoms with Gasteiger partial charge in [-0.3, -0.25) is 24.6 Å². The van der Waals surface area contributed by atoms with E-state index in [9.17, 15) is 19.7 Å². The van der Waals surface area contributed by atoms with Crippen LogP contribution in [0.1, 0.15) is 13.3 Å². The van der Waals surface area contributed by atoms with E-state index in [1.54, 1.807) is 14.0 Å². The van der Waals surface area contributed by atoms with Crippen LogP contribution in [0, 0.1) is 10.1 Å². The standard InChI is InChI=1S/C13H17N3O5/c1-3-11(13(18)19)15(2)8-12(17)14-9-4-6-10(7-5-9)16(20)21/h4-7,11H,3,8H2,1-2H3,(H,14,17)(H,18,19). The monoisotopic (exact) mass is 295 g/mol. The highest BCUT2D eigenvalue weighted by Crippen LogP contribution is 2.15. The van der Waals surface area contributed by atoms with Crippen molar-refractivity contribution in [1.29, 1.82) is 0 Å². The summed E-state index contributed by atoms with van der Waals surface area (Å²) in [5.74, 6) is -1.37. The van der Waals surface area contributed by atoms with E-state index < -0.39 is 16.9 Å². The third-order valence-electron chi connectivity index (χ3n) is 2.96. The third-order valence-corrected chi connectivity index (χ3v) is 2.96. The quantitative estimate of drug-likeness (QED) is 0.579. The normalized spacial score (nSPS) is 12.0. The molecule has 0 radical (unpaired) electrons. The Morgan fingerprint density at radius 3 is 2.38 bits per heavy atom. The van der Waals surface area contributed by atoms with Gasteiger partial charge in [0.25, 0.3) is 5.69 Å². The molecule has 0 heterocycles. The number of hydrogen-bond donors (Lipinski definition) is 2. The van der Waals surface area contributed by atoms with Gasteiger partial charge in [-0.1, -0.05) is 6.92 Å². The minimum Gasteiger partial charge on any atom is -0.480 e. The van der Waals surface area contributed by atoms with E-state index in [0.29, 0.717) is 12.1 Å². The highest BCUT2D eigenvalue weighted by Gasteiger charge is 2.22. The topological polar surface area (TPSA) is 113 Å². The first kappa shape index (κ1) is 16.6. The fourth-order valence-electron chi connectivity index (χ4n) is 1.88. The summed E-state index contributed by atoms with van der Waals surface area (Å²) in [4.78, 5) is 34.2. The molecule has 1 amide bonds. The van der Waals surface area contributed by atoms with Gasteiger partial charge in [-0.15, -0.1) is 0 Å². The number of carboxylic acid groups (broad SMARTS) is 1. The summed E-state index contributed by atoms with van der Waals surface area (Å²) in [6, 6.07) is 4.68. The van der Waals surface area contributed by atoms with Crippen molar-refractivity contribution in [2.45, 2.75) is 19.4 Å². The minimum absolute atomic E-state index is 0.0676. The van der Waals surface area contributed by atoms with Crippen LogP contribution in [0.2, 0.25) is 0 Å². The van der Waals surface area contributed by atoms with Crippen LogP contribution in [0.3, 0.4) is 0 Å². The molecule has 1 atom stereocenters. The number of nitrogens with zero attached hydrogens (tertiary/aromatic N) is 2. The molecule has 0 saturated carbocycles. The van der Waals surface area contributed by atoms with Crippen LogP contribution in [0.15, 0.2) is 24.3 Å². The summed E-state index contributed by atoms with van der Waals surface area (Å²) in [6.45, 7) is 1.64. The van der Waals surface area contributed by atoms with Crippen LogP contribution in [0.5, 0.6) is 0 Å². The Morgan fingerprint density at radius 1 is 1.38 bits per heavy atom. The summed E-state index contributed by atoms with van der Waals surface area (Å²) in [5, 5.41) is 22.1. The maximum atomic E-state index is 11.8. The molecule has 0 fully saturated rings. The Labute approximate surface area is 121 Å². The summed E-state index contributed by atoms with van der Waals surface area (Å²) in [6.07, 6.45) is 0.386. The zero-order chi connectivity index (χ0) is 16.0. The van der Waals surface area contributed by atoms with Gasteiger partial charge in [0.15, 0.2) is 0 Å². The molecular weight excluding hydrogens is 278 g/mol. The van der Waals surface area contributed by atoms with Gasteiger partial charge in [0.05, 0.1) is 11.5 Å². The molecule has 0 aliphatic carbocycles. The van der Waals surface area contributed by atoms with Crippen LogP contribution in [0.25, 0.3) is 0 Å². The molecule has 8 heteroatoms. The number of aliphatic carboxylic acids is 1. The molecule has 0 aliphatic heterocycles. The molecule has 114 valence electrons. The number of likely N-dealkylation sites (N-methyl/N-ethyl adjacent to an activating group) is 1. The zero-order valence-corrected chi connectivity index (χ0v) is 11.8. The molecule has 0 aliphatic rings. The van der Waals surface area contributed by atoms with Crippen molar-refractivity contribution in [1.82, 2.24) is 4.90 Å². The lowest BCUT2D eigenvalue weighted by atomic mass is 10.2. The van der Waals surface area contributed by atoms with Crippen molar-refractivity contribution in [2.75, 3.05) is 18.9 Å². The van der Waals surface area contributed by atoms with E-state index in [2.05, 4.69) is 5.32 Å². The molecule has 0 aromatic heterocycles. The number of rotatable bonds is 7. The maximum absolute atomic E-state index is 11.8. The van der Waals surface area contributed by atoms with E-state index in [0.717, 1.165) is 0 Å². The van der Waals surface area contributed by atoms with Gasteiger partial charge < -0.3 is 10.4 Å². The SMILES string of the molecule is CCC(C(=O)O)N(C)CC(=O)Nc1ccc([N+](=O)[O-])cc1. The van der Waals surface area contributed by atoms with E-state index in [1.165, 1.54) is 29.2 Å². The number of anilines is 1. The van der Waals surface area contributed by atoms with E-state index in [-0.39, 0.29) is 18.1 Å². The van der Waals surface area contributed by atoms with Gasteiger partial charge in [0.2, 0.25) is 5.91 Å². The smallest absolute Gasteiger partial charge is 0.320 e. The second-order valence-corrected chi connectivity index (χ2v) is 4.53. The van der Waals surface area contributed by atoms with Crippen molar-refractivity contribution in [3.05, 3.63) is 34.4 Å². The first-order valence-electron chi connectivity index (χ1n) is 6.32. The van der Waals surface area contributed by atoms with Crippen molar-refractivity contribution < 1.29 is 19.6 Å². The molecule has 21 heavy (non-hydrogen) atoms. The Bertz CT molecular complexity index is 529. The predicted molar refractivity (Wildman–Crippen MR) is 76.1 cm³/mol. The summed E-state index contributed by atoms with van der Waals surface area (Å²) in [7, 11) is 1.55. The third kappa shape index (κ3) is 4.84. The number of carbonyl (C=O) groups is 2. The van der Waals surface area contributed by atoms with Crippen LogP contribution < -0.4 is 5.32 Å². The molecule has 0 saturated heterocycles. The number of nitro groups is 1. The van der Waals surface area contributed by atoms with Gasteiger partial charge in [-0.25, -0.2) is 0 Å². The van der Waals surface area contributed by atoms with Crippen LogP contribution >= 0.6 is 0 Å². The first-order valence-corrected chi connectivity index (χ1v) is 6.32. The van der Waals surface area contributed by atoms with Crippen molar-refractivity contribution >= 4 is 23.3 Å². The van der Waals surface area contributed by atoms with E-state index in [4.69, 9.17) is 5.11 Å².